The van der Waals surface area contributed by atoms with Gasteiger partial charge in [-0.15, -0.1) is 0 Å². The van der Waals surface area contributed by atoms with E-state index in [1.807, 2.05) is 6.07 Å². The summed E-state index contributed by atoms with van der Waals surface area (Å²) in [5, 5.41) is 2.99. The zero-order valence-corrected chi connectivity index (χ0v) is 16.3. The Morgan fingerprint density at radius 3 is 2.44 bits per heavy atom. The summed E-state index contributed by atoms with van der Waals surface area (Å²) in [5.74, 6) is 0.911. The summed E-state index contributed by atoms with van der Waals surface area (Å²) in [6.45, 7) is 6.34. The molecule has 1 heterocycles. The maximum Gasteiger partial charge on any atom is 0.217 e. The highest BCUT2D eigenvalue weighted by Gasteiger charge is 2.30. The number of carbonyl (C=O) groups excluding carboxylic acids is 1. The summed E-state index contributed by atoms with van der Waals surface area (Å²) in [6.07, 6.45) is 1.80. The van der Waals surface area contributed by atoms with Crippen molar-refractivity contribution in [3.05, 3.63) is 60.2 Å². The fourth-order valence-corrected chi connectivity index (χ4v) is 3.35. The average Bonchev–Trinajstić information content (AvgIpc) is 3.15. The van der Waals surface area contributed by atoms with E-state index in [1.165, 1.54) is 23.6 Å². The quantitative estimate of drug-likeness (QED) is 0.799. The first-order valence-corrected chi connectivity index (χ1v) is 9.68. The fraction of sp³-hybridized carbons (Fsp3) is 0.391. The second-order valence-corrected chi connectivity index (χ2v) is 7.26. The van der Waals surface area contributed by atoms with E-state index in [9.17, 15) is 4.79 Å². The summed E-state index contributed by atoms with van der Waals surface area (Å²) < 4.78 is 5.85. The van der Waals surface area contributed by atoms with Crippen molar-refractivity contribution in [3.63, 3.8) is 0 Å². The minimum Gasteiger partial charge on any atom is -0.477 e. The highest BCUT2D eigenvalue weighted by atomic mass is 16.5. The molecule has 0 aromatic heterocycles. The molecule has 0 bridgehead atoms. The lowest BCUT2D eigenvalue weighted by Crippen LogP contribution is -2.44. The van der Waals surface area contributed by atoms with Gasteiger partial charge in [-0.2, -0.15) is 0 Å². The van der Waals surface area contributed by atoms with Gasteiger partial charge in [0.2, 0.25) is 11.8 Å². The molecule has 0 fully saturated rings. The third-order valence-electron chi connectivity index (χ3n) is 5.10. The third kappa shape index (κ3) is 4.97. The number of carbonyl (C=O) groups is 1. The summed E-state index contributed by atoms with van der Waals surface area (Å²) in [4.78, 5) is 16.3. The van der Waals surface area contributed by atoms with Crippen LogP contribution in [0.3, 0.4) is 0 Å². The van der Waals surface area contributed by atoms with E-state index in [0.717, 1.165) is 12.8 Å². The monoisotopic (exact) mass is 364 g/mol. The van der Waals surface area contributed by atoms with Crippen molar-refractivity contribution >= 4 is 11.8 Å². The second kappa shape index (κ2) is 8.85. The van der Waals surface area contributed by atoms with Gasteiger partial charge in [-0.25, -0.2) is 4.99 Å². The summed E-state index contributed by atoms with van der Waals surface area (Å²) in [5.41, 5.74) is 3.68. The highest BCUT2D eigenvalue weighted by molar-refractivity contribution is 5.88. The number of aliphatic imine (C=N–C) groups is 1. The molecule has 0 saturated heterocycles. The van der Waals surface area contributed by atoms with Crippen LogP contribution in [0.1, 0.15) is 32.8 Å². The Balaban J connectivity index is 1.67. The summed E-state index contributed by atoms with van der Waals surface area (Å²) in [7, 11) is 0. The van der Waals surface area contributed by atoms with Gasteiger partial charge in [0.1, 0.15) is 12.6 Å². The first-order valence-electron chi connectivity index (χ1n) is 9.68. The van der Waals surface area contributed by atoms with Crippen molar-refractivity contribution in [1.82, 2.24) is 5.32 Å². The third-order valence-corrected chi connectivity index (χ3v) is 5.10. The number of nitrogens with one attached hydrogen (secondary N) is 1. The standard InChI is InChI=1S/C23H28N2O2/c1-4-16(2)22(24-17(3)26)23-25-21(15-27-23)14-18-10-12-20(13-11-18)19-8-6-5-7-9-19/h5-13,16,21-22H,4,14-15H2,1-3H3,(H,24,26)/t16-,21-,22-/m0/s1. The first-order chi connectivity index (χ1) is 13.1. The SMILES string of the molecule is CC[C@H](C)[C@H](NC(C)=O)C1=N[C@@H](Cc2ccc(-c3ccccc3)cc2)CO1. The van der Waals surface area contributed by atoms with Gasteiger partial charge < -0.3 is 10.1 Å². The molecule has 1 N–H and O–H groups in total. The van der Waals surface area contributed by atoms with Crippen molar-refractivity contribution in [3.8, 4) is 11.1 Å². The molecular weight excluding hydrogens is 336 g/mol. The molecule has 0 saturated carbocycles. The average molecular weight is 364 g/mol. The van der Waals surface area contributed by atoms with Crippen LogP contribution in [0.4, 0.5) is 0 Å². The minimum absolute atomic E-state index is 0.0495. The molecule has 0 unspecified atom stereocenters. The van der Waals surface area contributed by atoms with Crippen molar-refractivity contribution in [1.29, 1.82) is 0 Å². The van der Waals surface area contributed by atoms with Gasteiger partial charge >= 0.3 is 0 Å². The molecule has 2 aromatic carbocycles. The second-order valence-electron chi connectivity index (χ2n) is 7.26. The van der Waals surface area contributed by atoms with Gasteiger partial charge in [0, 0.05) is 6.92 Å². The molecule has 3 atom stereocenters. The van der Waals surface area contributed by atoms with Crippen molar-refractivity contribution in [2.75, 3.05) is 6.61 Å². The van der Waals surface area contributed by atoms with Crippen LogP contribution in [0.15, 0.2) is 59.6 Å². The maximum atomic E-state index is 11.5. The molecule has 0 radical (unpaired) electrons. The van der Waals surface area contributed by atoms with E-state index in [2.05, 4.69) is 67.7 Å². The number of amides is 1. The number of ether oxygens (including phenoxy) is 1. The fourth-order valence-electron chi connectivity index (χ4n) is 3.35. The molecule has 1 aliphatic rings. The predicted octanol–water partition coefficient (Wildman–Crippen LogP) is 4.24. The molecule has 1 aliphatic heterocycles. The molecular formula is C23H28N2O2. The molecule has 2 aromatic rings. The predicted molar refractivity (Wildman–Crippen MR) is 110 cm³/mol. The topological polar surface area (TPSA) is 50.7 Å². The normalized spacial score (nSPS) is 18.3. The van der Waals surface area contributed by atoms with Gasteiger partial charge in [0.05, 0.1) is 6.04 Å². The Morgan fingerprint density at radius 2 is 1.81 bits per heavy atom. The largest absolute Gasteiger partial charge is 0.477 e. The Labute approximate surface area is 161 Å². The van der Waals surface area contributed by atoms with Crippen LogP contribution >= 0.6 is 0 Å². The Bertz CT molecular complexity index is 784. The number of nitrogens with zero attached hydrogens (tertiary/aromatic N) is 1. The van der Waals surface area contributed by atoms with Gasteiger partial charge in [0.25, 0.3) is 0 Å². The van der Waals surface area contributed by atoms with Crippen LogP contribution in [-0.2, 0) is 16.0 Å². The Kier molecular flexibility index (Phi) is 6.28. The lowest BCUT2D eigenvalue weighted by atomic mass is 9.99. The smallest absolute Gasteiger partial charge is 0.217 e. The number of hydrogen-bond donors (Lipinski definition) is 1. The van der Waals surface area contributed by atoms with Gasteiger partial charge in [0.15, 0.2) is 0 Å². The summed E-state index contributed by atoms with van der Waals surface area (Å²) >= 11 is 0. The van der Waals surface area contributed by atoms with Crippen molar-refractivity contribution in [2.45, 2.75) is 45.7 Å². The van der Waals surface area contributed by atoms with Crippen LogP contribution in [0.2, 0.25) is 0 Å². The van der Waals surface area contributed by atoms with E-state index in [0.29, 0.717) is 12.5 Å². The lowest BCUT2D eigenvalue weighted by Gasteiger charge is -2.22. The molecule has 0 spiro atoms. The number of benzene rings is 2. The molecule has 4 heteroatoms. The van der Waals surface area contributed by atoms with Crippen LogP contribution in [0.5, 0.6) is 0 Å². The summed E-state index contributed by atoms with van der Waals surface area (Å²) in [6, 6.07) is 19.0. The van der Waals surface area contributed by atoms with Crippen LogP contribution in [-0.4, -0.2) is 30.5 Å². The highest BCUT2D eigenvalue weighted by Crippen LogP contribution is 2.22. The van der Waals surface area contributed by atoms with Crippen LogP contribution < -0.4 is 5.32 Å². The van der Waals surface area contributed by atoms with Crippen LogP contribution in [0.25, 0.3) is 11.1 Å². The van der Waals surface area contributed by atoms with Crippen molar-refractivity contribution < 1.29 is 9.53 Å². The van der Waals surface area contributed by atoms with E-state index in [-0.39, 0.29) is 23.9 Å². The van der Waals surface area contributed by atoms with E-state index in [1.54, 1.807) is 0 Å². The zero-order valence-electron chi connectivity index (χ0n) is 16.3. The van der Waals surface area contributed by atoms with E-state index < -0.39 is 0 Å². The van der Waals surface area contributed by atoms with Gasteiger partial charge in [-0.05, 0) is 29.0 Å². The van der Waals surface area contributed by atoms with Gasteiger partial charge in [-0.3, -0.25) is 4.79 Å². The Morgan fingerprint density at radius 1 is 1.15 bits per heavy atom. The van der Waals surface area contributed by atoms with Gasteiger partial charge in [-0.1, -0.05) is 74.9 Å². The molecule has 1 amide bonds. The van der Waals surface area contributed by atoms with Crippen molar-refractivity contribution in [2.24, 2.45) is 10.9 Å². The Hall–Kier alpha value is -2.62. The minimum atomic E-state index is -0.141. The molecule has 142 valence electrons. The number of rotatable bonds is 7. The van der Waals surface area contributed by atoms with E-state index >= 15 is 0 Å². The lowest BCUT2D eigenvalue weighted by molar-refractivity contribution is -0.119. The molecule has 4 nitrogen and oxygen atoms in total. The van der Waals surface area contributed by atoms with E-state index in [4.69, 9.17) is 9.73 Å². The maximum absolute atomic E-state index is 11.5. The zero-order chi connectivity index (χ0) is 19.2. The molecule has 0 aliphatic carbocycles. The first kappa shape index (κ1) is 19.2. The molecule has 27 heavy (non-hydrogen) atoms. The van der Waals surface area contributed by atoms with Crippen LogP contribution in [0, 0.1) is 5.92 Å². The number of hydrogen-bond acceptors (Lipinski definition) is 3. The molecule has 3 rings (SSSR count).